The maximum absolute atomic E-state index is 4.55. The molecule has 0 saturated heterocycles. The molecule has 0 unspecified atom stereocenters. The van der Waals surface area contributed by atoms with E-state index < -0.39 is 0 Å². The standard InChI is InChI=1S/C12H14N2/c1-9(2)8-10-5-6-11-12(14-10)4-3-7-13-11/h3-7,9H,8H2,1-2H3. The van der Waals surface area contributed by atoms with E-state index in [0.717, 1.165) is 23.1 Å². The zero-order valence-corrected chi connectivity index (χ0v) is 8.57. The zero-order valence-electron chi connectivity index (χ0n) is 8.57. The third kappa shape index (κ3) is 1.90. The van der Waals surface area contributed by atoms with Crippen LogP contribution in [0.3, 0.4) is 0 Å². The van der Waals surface area contributed by atoms with Crippen LogP contribution in [0.1, 0.15) is 19.5 Å². The Morgan fingerprint density at radius 1 is 1.14 bits per heavy atom. The number of hydrogen-bond donors (Lipinski definition) is 0. The normalized spacial score (nSPS) is 11.1. The van der Waals surface area contributed by atoms with E-state index in [1.54, 1.807) is 6.20 Å². The maximum Gasteiger partial charge on any atom is 0.0889 e. The number of rotatable bonds is 2. The van der Waals surface area contributed by atoms with E-state index in [0.29, 0.717) is 5.92 Å². The summed E-state index contributed by atoms with van der Waals surface area (Å²) in [5.74, 6) is 0.650. The highest BCUT2D eigenvalue weighted by molar-refractivity contribution is 5.73. The minimum Gasteiger partial charge on any atom is -0.255 e. The second kappa shape index (κ2) is 3.74. The van der Waals surface area contributed by atoms with Crippen molar-refractivity contribution >= 4 is 11.0 Å². The van der Waals surface area contributed by atoms with E-state index in [1.165, 1.54) is 0 Å². The first kappa shape index (κ1) is 9.13. The lowest BCUT2D eigenvalue weighted by Crippen LogP contribution is -1.97. The maximum atomic E-state index is 4.55. The summed E-state index contributed by atoms with van der Waals surface area (Å²) in [5.41, 5.74) is 3.12. The van der Waals surface area contributed by atoms with Crippen LogP contribution in [0.5, 0.6) is 0 Å². The van der Waals surface area contributed by atoms with E-state index in [4.69, 9.17) is 0 Å². The molecule has 0 aromatic carbocycles. The molecule has 0 aliphatic carbocycles. The van der Waals surface area contributed by atoms with Gasteiger partial charge in [-0.2, -0.15) is 0 Å². The van der Waals surface area contributed by atoms with Crippen LogP contribution in [0.2, 0.25) is 0 Å². The number of aromatic nitrogens is 2. The molecule has 2 nitrogen and oxygen atoms in total. The lowest BCUT2D eigenvalue weighted by molar-refractivity contribution is 0.637. The van der Waals surface area contributed by atoms with Gasteiger partial charge in [0, 0.05) is 11.9 Å². The van der Waals surface area contributed by atoms with Crippen molar-refractivity contribution in [2.24, 2.45) is 5.92 Å². The summed E-state index contributed by atoms with van der Waals surface area (Å²) < 4.78 is 0. The molecule has 2 heteroatoms. The summed E-state index contributed by atoms with van der Waals surface area (Å²) in [7, 11) is 0. The van der Waals surface area contributed by atoms with Crippen molar-refractivity contribution in [2.45, 2.75) is 20.3 Å². The zero-order chi connectivity index (χ0) is 9.97. The Morgan fingerprint density at radius 3 is 2.79 bits per heavy atom. The molecule has 0 atom stereocenters. The van der Waals surface area contributed by atoms with Crippen molar-refractivity contribution in [3.05, 3.63) is 36.2 Å². The third-order valence-corrected chi connectivity index (χ3v) is 2.13. The summed E-state index contributed by atoms with van der Waals surface area (Å²) in [5, 5.41) is 0. The molecule has 0 aliphatic rings. The summed E-state index contributed by atoms with van der Waals surface area (Å²) in [6.07, 6.45) is 2.83. The Labute approximate surface area is 84.0 Å². The van der Waals surface area contributed by atoms with E-state index >= 15 is 0 Å². The lowest BCUT2D eigenvalue weighted by atomic mass is 10.1. The predicted octanol–water partition coefficient (Wildman–Crippen LogP) is 2.83. The minimum absolute atomic E-state index is 0.650. The van der Waals surface area contributed by atoms with Gasteiger partial charge >= 0.3 is 0 Å². The molecule has 0 aliphatic heterocycles. The van der Waals surface area contributed by atoms with Crippen LogP contribution in [0.15, 0.2) is 30.5 Å². The molecule has 0 spiro atoms. The van der Waals surface area contributed by atoms with Gasteiger partial charge in [-0.3, -0.25) is 9.97 Å². The Balaban J connectivity index is 2.41. The summed E-state index contributed by atoms with van der Waals surface area (Å²) >= 11 is 0. The van der Waals surface area contributed by atoms with Gasteiger partial charge in [0.15, 0.2) is 0 Å². The van der Waals surface area contributed by atoms with Gasteiger partial charge in [0.1, 0.15) is 0 Å². The monoisotopic (exact) mass is 186 g/mol. The largest absolute Gasteiger partial charge is 0.255 e. The highest BCUT2D eigenvalue weighted by Crippen LogP contribution is 2.11. The average molecular weight is 186 g/mol. The molecule has 0 N–H and O–H groups in total. The molecule has 2 rings (SSSR count). The number of fused-ring (bicyclic) bond motifs is 1. The highest BCUT2D eigenvalue weighted by Gasteiger charge is 2.00. The molecule has 2 heterocycles. The average Bonchev–Trinajstić information content (AvgIpc) is 2.17. The molecule has 2 aromatic rings. The fraction of sp³-hybridized carbons (Fsp3) is 0.333. The van der Waals surface area contributed by atoms with Gasteiger partial charge in [-0.15, -0.1) is 0 Å². The highest BCUT2D eigenvalue weighted by atomic mass is 14.8. The van der Waals surface area contributed by atoms with Crippen molar-refractivity contribution in [2.75, 3.05) is 0 Å². The lowest BCUT2D eigenvalue weighted by Gasteiger charge is -2.04. The van der Waals surface area contributed by atoms with Crippen molar-refractivity contribution in [1.29, 1.82) is 0 Å². The number of hydrogen-bond acceptors (Lipinski definition) is 2. The van der Waals surface area contributed by atoms with Crippen LogP contribution < -0.4 is 0 Å². The van der Waals surface area contributed by atoms with E-state index in [1.807, 2.05) is 18.2 Å². The SMILES string of the molecule is CC(C)Cc1ccc2ncccc2n1. The van der Waals surface area contributed by atoms with Crippen molar-refractivity contribution in [3.8, 4) is 0 Å². The number of nitrogens with zero attached hydrogens (tertiary/aromatic N) is 2. The molecular formula is C12H14N2. The summed E-state index contributed by atoms with van der Waals surface area (Å²) in [6.45, 7) is 4.41. The Bertz CT molecular complexity index is 435. The van der Waals surface area contributed by atoms with E-state index in [9.17, 15) is 0 Å². The van der Waals surface area contributed by atoms with Crippen molar-refractivity contribution < 1.29 is 0 Å². The molecule has 0 saturated carbocycles. The van der Waals surface area contributed by atoms with Gasteiger partial charge in [0.25, 0.3) is 0 Å². The van der Waals surface area contributed by atoms with Crippen LogP contribution in [-0.4, -0.2) is 9.97 Å². The van der Waals surface area contributed by atoms with Crippen molar-refractivity contribution in [1.82, 2.24) is 9.97 Å². The Hall–Kier alpha value is -1.44. The predicted molar refractivity (Wildman–Crippen MR) is 58.1 cm³/mol. The molecule has 0 radical (unpaired) electrons. The van der Waals surface area contributed by atoms with Crippen LogP contribution in [0.4, 0.5) is 0 Å². The van der Waals surface area contributed by atoms with Gasteiger partial charge in [0.2, 0.25) is 0 Å². The first-order valence-corrected chi connectivity index (χ1v) is 4.96. The van der Waals surface area contributed by atoms with Gasteiger partial charge in [-0.1, -0.05) is 13.8 Å². The Kier molecular flexibility index (Phi) is 2.44. The van der Waals surface area contributed by atoms with Crippen LogP contribution in [-0.2, 0) is 6.42 Å². The molecular weight excluding hydrogens is 172 g/mol. The smallest absolute Gasteiger partial charge is 0.0889 e. The van der Waals surface area contributed by atoms with E-state index in [-0.39, 0.29) is 0 Å². The third-order valence-electron chi connectivity index (χ3n) is 2.13. The molecule has 0 fully saturated rings. The molecule has 2 aromatic heterocycles. The minimum atomic E-state index is 0.650. The van der Waals surface area contributed by atoms with Gasteiger partial charge < -0.3 is 0 Å². The van der Waals surface area contributed by atoms with Gasteiger partial charge in [-0.25, -0.2) is 0 Å². The first-order valence-electron chi connectivity index (χ1n) is 4.96. The fourth-order valence-electron chi connectivity index (χ4n) is 1.53. The second-order valence-electron chi connectivity index (χ2n) is 3.94. The quantitative estimate of drug-likeness (QED) is 0.720. The summed E-state index contributed by atoms with van der Waals surface area (Å²) in [4.78, 5) is 8.79. The fourth-order valence-corrected chi connectivity index (χ4v) is 1.53. The van der Waals surface area contributed by atoms with Gasteiger partial charge in [-0.05, 0) is 36.6 Å². The summed E-state index contributed by atoms with van der Waals surface area (Å²) in [6, 6.07) is 8.04. The van der Waals surface area contributed by atoms with Gasteiger partial charge in [0.05, 0.1) is 11.0 Å². The molecule has 0 bridgehead atoms. The Morgan fingerprint density at radius 2 is 2.00 bits per heavy atom. The number of pyridine rings is 2. The van der Waals surface area contributed by atoms with Crippen LogP contribution in [0, 0.1) is 5.92 Å². The van der Waals surface area contributed by atoms with Crippen molar-refractivity contribution in [3.63, 3.8) is 0 Å². The van der Waals surface area contributed by atoms with Crippen LogP contribution >= 0.6 is 0 Å². The van der Waals surface area contributed by atoms with Crippen LogP contribution in [0.25, 0.3) is 11.0 Å². The topological polar surface area (TPSA) is 25.8 Å². The molecule has 72 valence electrons. The first-order chi connectivity index (χ1) is 6.75. The second-order valence-corrected chi connectivity index (χ2v) is 3.94. The molecule has 14 heavy (non-hydrogen) atoms. The molecule has 0 amide bonds. The van der Waals surface area contributed by atoms with E-state index in [2.05, 4.69) is 29.9 Å².